The van der Waals surface area contributed by atoms with E-state index in [-0.39, 0.29) is 23.5 Å². The second-order valence-electron chi connectivity index (χ2n) is 8.39. The molecule has 7 heteroatoms. The van der Waals surface area contributed by atoms with E-state index < -0.39 is 17.8 Å². The van der Waals surface area contributed by atoms with Gasteiger partial charge in [-0.2, -0.15) is 0 Å². The van der Waals surface area contributed by atoms with Gasteiger partial charge in [0.15, 0.2) is 5.78 Å². The molecule has 0 bridgehead atoms. The van der Waals surface area contributed by atoms with Crippen LogP contribution in [0.15, 0.2) is 48.5 Å². The number of ketones is 1. The number of amides is 2. The third-order valence-corrected chi connectivity index (χ3v) is 5.88. The summed E-state index contributed by atoms with van der Waals surface area (Å²) in [5, 5.41) is 2.79. The van der Waals surface area contributed by atoms with Crippen LogP contribution in [0.4, 0.5) is 4.39 Å². The van der Waals surface area contributed by atoms with E-state index in [4.69, 9.17) is 4.74 Å². The summed E-state index contributed by atoms with van der Waals surface area (Å²) in [7, 11) is 1.58. The van der Waals surface area contributed by atoms with Crippen molar-refractivity contribution in [3.05, 3.63) is 65.5 Å². The van der Waals surface area contributed by atoms with Gasteiger partial charge >= 0.3 is 0 Å². The SMILES string of the molecule is COc1ccc(C(=O)C2CCN(C(=O)C(NC(=O)c3ccc(F)cc3)C(C)C)CC2)cc1. The lowest BCUT2D eigenvalue weighted by atomic mass is 9.88. The lowest BCUT2D eigenvalue weighted by molar-refractivity contribution is -0.135. The molecule has 0 aromatic heterocycles. The fourth-order valence-electron chi connectivity index (χ4n) is 3.89. The zero-order chi connectivity index (χ0) is 23.3. The lowest BCUT2D eigenvalue weighted by Crippen LogP contribution is -2.53. The summed E-state index contributed by atoms with van der Waals surface area (Å²) in [5.74, 6) is -0.490. The molecule has 170 valence electrons. The summed E-state index contributed by atoms with van der Waals surface area (Å²) < 4.78 is 18.3. The average molecular weight is 441 g/mol. The second-order valence-corrected chi connectivity index (χ2v) is 8.39. The van der Waals surface area contributed by atoms with Crippen molar-refractivity contribution in [1.29, 1.82) is 0 Å². The number of likely N-dealkylation sites (tertiary alicyclic amines) is 1. The first-order chi connectivity index (χ1) is 15.3. The Labute approximate surface area is 187 Å². The molecule has 6 nitrogen and oxygen atoms in total. The third kappa shape index (κ3) is 5.52. The van der Waals surface area contributed by atoms with Gasteiger partial charge < -0.3 is 15.0 Å². The fraction of sp³-hybridized carbons (Fsp3) is 0.400. The Morgan fingerprint density at radius 1 is 0.969 bits per heavy atom. The van der Waals surface area contributed by atoms with Gasteiger partial charge in [-0.25, -0.2) is 4.39 Å². The molecule has 0 saturated carbocycles. The molecule has 3 rings (SSSR count). The normalized spacial score (nSPS) is 15.3. The van der Waals surface area contributed by atoms with Crippen LogP contribution in [-0.2, 0) is 4.79 Å². The summed E-state index contributed by atoms with van der Waals surface area (Å²) in [6, 6.07) is 11.6. The fourth-order valence-corrected chi connectivity index (χ4v) is 3.89. The van der Waals surface area contributed by atoms with Crippen LogP contribution in [0.3, 0.4) is 0 Å². The summed E-state index contributed by atoms with van der Waals surface area (Å²) in [4.78, 5) is 40.2. The maximum atomic E-state index is 13.1. The van der Waals surface area contributed by atoms with Crippen molar-refractivity contribution >= 4 is 17.6 Å². The highest BCUT2D eigenvalue weighted by Gasteiger charge is 2.33. The highest BCUT2D eigenvalue weighted by atomic mass is 19.1. The number of ether oxygens (including phenoxy) is 1. The zero-order valence-corrected chi connectivity index (χ0v) is 18.6. The van der Waals surface area contributed by atoms with Gasteiger partial charge in [0.2, 0.25) is 5.91 Å². The molecule has 1 aliphatic rings. The molecular weight excluding hydrogens is 411 g/mol. The number of methoxy groups -OCH3 is 1. The minimum atomic E-state index is -0.693. The first kappa shape index (κ1) is 23.4. The van der Waals surface area contributed by atoms with E-state index in [0.717, 1.165) is 0 Å². The van der Waals surface area contributed by atoms with Crippen molar-refractivity contribution in [3.8, 4) is 5.75 Å². The molecule has 2 amide bonds. The molecule has 2 aromatic carbocycles. The van der Waals surface area contributed by atoms with Crippen LogP contribution in [0.1, 0.15) is 47.4 Å². The number of hydrogen-bond donors (Lipinski definition) is 1. The Balaban J connectivity index is 1.59. The van der Waals surface area contributed by atoms with Crippen molar-refractivity contribution in [1.82, 2.24) is 10.2 Å². The highest BCUT2D eigenvalue weighted by molar-refractivity contribution is 5.99. The smallest absolute Gasteiger partial charge is 0.251 e. The van der Waals surface area contributed by atoms with Crippen LogP contribution in [0.2, 0.25) is 0 Å². The van der Waals surface area contributed by atoms with E-state index in [1.165, 1.54) is 24.3 Å². The number of carbonyl (C=O) groups is 3. The molecule has 0 radical (unpaired) electrons. The average Bonchev–Trinajstić information content (AvgIpc) is 2.82. The van der Waals surface area contributed by atoms with Gasteiger partial charge in [0.25, 0.3) is 5.91 Å². The van der Waals surface area contributed by atoms with E-state index in [0.29, 0.717) is 42.8 Å². The second kappa shape index (κ2) is 10.4. The summed E-state index contributed by atoms with van der Waals surface area (Å²) in [6.07, 6.45) is 1.15. The Kier molecular flexibility index (Phi) is 7.62. The van der Waals surface area contributed by atoms with Crippen LogP contribution in [0, 0.1) is 17.7 Å². The van der Waals surface area contributed by atoms with E-state index in [1.807, 2.05) is 13.8 Å². The topological polar surface area (TPSA) is 75.7 Å². The molecule has 1 aliphatic heterocycles. The van der Waals surface area contributed by atoms with Gasteiger partial charge in [0.1, 0.15) is 17.6 Å². The van der Waals surface area contributed by atoms with Gasteiger partial charge in [-0.1, -0.05) is 13.8 Å². The zero-order valence-electron chi connectivity index (χ0n) is 18.6. The highest BCUT2D eigenvalue weighted by Crippen LogP contribution is 2.24. The maximum Gasteiger partial charge on any atom is 0.251 e. The number of halogens is 1. The summed E-state index contributed by atoms with van der Waals surface area (Å²) in [5.41, 5.74) is 0.941. The molecule has 1 unspecified atom stereocenters. The minimum Gasteiger partial charge on any atom is -0.497 e. The molecule has 1 fully saturated rings. The van der Waals surface area contributed by atoms with E-state index in [1.54, 1.807) is 36.3 Å². The van der Waals surface area contributed by atoms with Crippen LogP contribution in [0.5, 0.6) is 5.75 Å². The van der Waals surface area contributed by atoms with Crippen LogP contribution >= 0.6 is 0 Å². The van der Waals surface area contributed by atoms with Crippen molar-refractivity contribution in [2.75, 3.05) is 20.2 Å². The van der Waals surface area contributed by atoms with Crippen LogP contribution < -0.4 is 10.1 Å². The quantitative estimate of drug-likeness (QED) is 0.666. The number of hydrogen-bond acceptors (Lipinski definition) is 4. The van der Waals surface area contributed by atoms with E-state index in [2.05, 4.69) is 5.32 Å². The Morgan fingerprint density at radius 2 is 1.53 bits per heavy atom. The van der Waals surface area contributed by atoms with E-state index in [9.17, 15) is 18.8 Å². The van der Waals surface area contributed by atoms with Crippen molar-refractivity contribution in [2.45, 2.75) is 32.7 Å². The predicted octanol–water partition coefficient (Wildman–Crippen LogP) is 3.71. The lowest BCUT2D eigenvalue weighted by Gasteiger charge is -2.35. The van der Waals surface area contributed by atoms with Crippen LogP contribution in [-0.4, -0.2) is 48.7 Å². The molecule has 32 heavy (non-hydrogen) atoms. The number of rotatable bonds is 7. The molecule has 1 atom stereocenters. The number of Topliss-reactive ketones (excluding diaryl/α,β-unsaturated/α-hetero) is 1. The number of piperidine rings is 1. The Morgan fingerprint density at radius 3 is 2.06 bits per heavy atom. The Bertz CT molecular complexity index is 949. The molecule has 0 aliphatic carbocycles. The standard InChI is InChI=1S/C25H29FN2O4/c1-16(2)22(27-24(30)19-4-8-20(26)9-5-19)25(31)28-14-12-18(13-15-28)23(29)17-6-10-21(32-3)11-7-17/h4-11,16,18,22H,12-15H2,1-3H3,(H,27,30). The predicted molar refractivity (Wildman–Crippen MR) is 119 cm³/mol. The van der Waals surface area contributed by atoms with Gasteiger partial charge in [0.05, 0.1) is 7.11 Å². The van der Waals surface area contributed by atoms with Crippen molar-refractivity contribution in [2.24, 2.45) is 11.8 Å². The van der Waals surface area contributed by atoms with Gasteiger partial charge in [0, 0.05) is 30.1 Å². The number of carbonyl (C=O) groups excluding carboxylic acids is 3. The van der Waals surface area contributed by atoms with Gasteiger partial charge in [-0.05, 0) is 67.3 Å². The monoisotopic (exact) mass is 440 g/mol. The summed E-state index contributed by atoms with van der Waals surface area (Å²) in [6.45, 7) is 4.66. The van der Waals surface area contributed by atoms with Crippen molar-refractivity contribution in [3.63, 3.8) is 0 Å². The van der Waals surface area contributed by atoms with Gasteiger partial charge in [-0.15, -0.1) is 0 Å². The molecular formula is C25H29FN2O4. The first-order valence-corrected chi connectivity index (χ1v) is 10.8. The number of benzene rings is 2. The van der Waals surface area contributed by atoms with E-state index >= 15 is 0 Å². The largest absolute Gasteiger partial charge is 0.497 e. The molecule has 1 heterocycles. The molecule has 1 N–H and O–H groups in total. The van der Waals surface area contributed by atoms with Gasteiger partial charge in [-0.3, -0.25) is 14.4 Å². The molecule has 1 saturated heterocycles. The third-order valence-electron chi connectivity index (χ3n) is 5.88. The summed E-state index contributed by atoms with van der Waals surface area (Å²) >= 11 is 0. The molecule has 2 aromatic rings. The minimum absolute atomic E-state index is 0.0739. The van der Waals surface area contributed by atoms with Crippen molar-refractivity contribution < 1.29 is 23.5 Å². The number of nitrogens with one attached hydrogen (secondary N) is 1. The Hall–Kier alpha value is -3.22. The first-order valence-electron chi connectivity index (χ1n) is 10.8. The van der Waals surface area contributed by atoms with Crippen LogP contribution in [0.25, 0.3) is 0 Å². The molecule has 0 spiro atoms. The number of nitrogens with zero attached hydrogens (tertiary/aromatic N) is 1. The maximum absolute atomic E-state index is 13.1.